The number of rotatable bonds is 17. The number of benzene rings is 5. The number of hydrogen-bond donors (Lipinski definition) is 2. The molecule has 1 saturated carbocycles. The standard InChI is InChI=1S/C56H58N8O8S2/c1-2-3-33-72-48-10-4-7-40(34-48)38-61-25-27-63(28-26-61)55(66)42-16-21-47(22-17-42)60-74(70,71)51-37-45(36-44-9-6-24-57-53(44)51)49-23-18-41-8-5-11-50(54(41)58-49)73(68,69)59-46-19-14-43(15-20-46)56(67)64-31-29-62(30-32-64)52(65)35-39-12-13-39/h4-11,14-24,34,36-37,39,59-60H,2-3,12-13,25-33,35,38H2,1H3. The maximum Gasteiger partial charge on any atom is 0.264 e. The fourth-order valence-corrected chi connectivity index (χ4v) is 11.9. The zero-order chi connectivity index (χ0) is 51.4. The quantitative estimate of drug-likeness (QED) is 0.0835. The van der Waals surface area contributed by atoms with Gasteiger partial charge in [0.2, 0.25) is 5.91 Å². The van der Waals surface area contributed by atoms with E-state index in [1.807, 2.05) is 21.9 Å². The minimum Gasteiger partial charge on any atom is -0.494 e. The third-order valence-corrected chi connectivity index (χ3v) is 16.6. The first-order chi connectivity index (χ1) is 35.8. The summed E-state index contributed by atoms with van der Waals surface area (Å²) in [6, 6.07) is 35.6. The van der Waals surface area contributed by atoms with Crippen LogP contribution in [0.15, 0.2) is 143 Å². The fraction of sp³-hybridized carbons (Fsp3) is 0.304. The minimum absolute atomic E-state index is 0.0994. The molecular formula is C56H58N8O8S2. The normalized spacial score (nSPS) is 15.6. The van der Waals surface area contributed by atoms with E-state index in [1.165, 1.54) is 30.5 Å². The zero-order valence-corrected chi connectivity index (χ0v) is 42.8. The van der Waals surface area contributed by atoms with Crippen LogP contribution in [0.4, 0.5) is 11.4 Å². The molecule has 5 aromatic carbocycles. The number of hydrogen-bond acceptors (Lipinski definition) is 11. The van der Waals surface area contributed by atoms with Gasteiger partial charge in [-0.1, -0.05) is 49.7 Å². The number of pyridine rings is 2. The lowest BCUT2D eigenvalue weighted by Gasteiger charge is -2.35. The zero-order valence-electron chi connectivity index (χ0n) is 41.2. The first-order valence-corrected chi connectivity index (χ1v) is 28.1. The largest absolute Gasteiger partial charge is 0.494 e. The van der Waals surface area contributed by atoms with E-state index in [2.05, 4.69) is 38.4 Å². The number of fused-ring (bicyclic) bond motifs is 2. The van der Waals surface area contributed by atoms with Crippen molar-refractivity contribution in [2.24, 2.45) is 5.92 Å². The number of carbonyl (C=O) groups is 3. The van der Waals surface area contributed by atoms with E-state index in [0.717, 1.165) is 43.5 Å². The number of aromatic nitrogens is 2. The molecule has 0 spiro atoms. The van der Waals surface area contributed by atoms with Gasteiger partial charge < -0.3 is 19.4 Å². The Bertz CT molecular complexity index is 3450. The molecule has 7 aromatic rings. The average molecular weight is 1040 g/mol. The highest BCUT2D eigenvalue weighted by molar-refractivity contribution is 7.93. The Kier molecular flexibility index (Phi) is 14.6. The summed E-state index contributed by atoms with van der Waals surface area (Å²) in [6.45, 7) is 7.95. The van der Waals surface area contributed by atoms with Crippen LogP contribution in [0.3, 0.4) is 0 Å². The van der Waals surface area contributed by atoms with Crippen LogP contribution in [0.25, 0.3) is 33.1 Å². The van der Waals surface area contributed by atoms with Crippen LogP contribution in [-0.2, 0) is 31.4 Å². The predicted octanol–water partition coefficient (Wildman–Crippen LogP) is 8.27. The summed E-state index contributed by atoms with van der Waals surface area (Å²) in [4.78, 5) is 56.3. The van der Waals surface area contributed by atoms with Gasteiger partial charge in [-0.05, 0) is 122 Å². The van der Waals surface area contributed by atoms with Gasteiger partial charge in [-0.3, -0.25) is 33.7 Å². The summed E-state index contributed by atoms with van der Waals surface area (Å²) in [5.74, 6) is 1.19. The molecule has 0 bridgehead atoms. The average Bonchev–Trinajstić information content (AvgIpc) is 4.25. The minimum atomic E-state index is -4.29. The summed E-state index contributed by atoms with van der Waals surface area (Å²) >= 11 is 0. The Morgan fingerprint density at radius 1 is 0.622 bits per heavy atom. The van der Waals surface area contributed by atoms with E-state index < -0.39 is 20.0 Å². The molecule has 18 heteroatoms. The first-order valence-electron chi connectivity index (χ1n) is 25.2. The number of anilines is 2. The van der Waals surface area contributed by atoms with Gasteiger partial charge in [-0.15, -0.1) is 0 Å². The van der Waals surface area contributed by atoms with Crippen LogP contribution in [0.2, 0.25) is 0 Å². The van der Waals surface area contributed by atoms with Gasteiger partial charge in [0.15, 0.2) is 0 Å². The van der Waals surface area contributed by atoms with Crippen molar-refractivity contribution >= 4 is 70.9 Å². The Balaban J connectivity index is 0.806. The number of piperazine rings is 2. The second-order valence-electron chi connectivity index (χ2n) is 19.2. The molecular weight excluding hydrogens is 977 g/mol. The van der Waals surface area contributed by atoms with Crippen molar-refractivity contribution in [3.63, 3.8) is 0 Å². The molecule has 3 aliphatic rings. The summed E-state index contributed by atoms with van der Waals surface area (Å²) in [5, 5.41) is 1.06. The highest BCUT2D eigenvalue weighted by Crippen LogP contribution is 2.34. The molecule has 74 heavy (non-hydrogen) atoms. The summed E-state index contributed by atoms with van der Waals surface area (Å²) in [6.07, 6.45) is 6.38. The van der Waals surface area contributed by atoms with Crippen LogP contribution in [0.5, 0.6) is 5.75 Å². The number of carbonyl (C=O) groups excluding carboxylic acids is 3. The van der Waals surface area contributed by atoms with Crippen molar-refractivity contribution in [1.82, 2.24) is 29.6 Å². The van der Waals surface area contributed by atoms with Crippen LogP contribution in [0.1, 0.15) is 65.3 Å². The molecule has 2 aromatic heterocycles. The second-order valence-corrected chi connectivity index (χ2v) is 22.5. The lowest BCUT2D eigenvalue weighted by atomic mass is 10.1. The highest BCUT2D eigenvalue weighted by atomic mass is 32.2. The highest BCUT2D eigenvalue weighted by Gasteiger charge is 2.31. The predicted molar refractivity (Wildman–Crippen MR) is 285 cm³/mol. The third-order valence-electron chi connectivity index (χ3n) is 13.8. The van der Waals surface area contributed by atoms with Gasteiger partial charge in [0.1, 0.15) is 15.5 Å². The number of amides is 3. The van der Waals surface area contributed by atoms with E-state index in [1.54, 1.807) is 83.8 Å². The number of unbranched alkanes of at least 4 members (excludes halogenated alkanes) is 1. The summed E-state index contributed by atoms with van der Waals surface area (Å²) in [7, 11) is -8.52. The topological polar surface area (TPSA) is 192 Å². The SMILES string of the molecule is CCCCOc1cccc(CN2CCN(C(=O)c3ccc(NS(=O)(=O)c4cc(-c5ccc6cccc(S(=O)(=O)Nc7ccc(C(=O)N8CCN(C(=O)CC9CC9)CC8)cc7)c6n5)cc5cccnc45)cc3)CC2)c1. The maximum absolute atomic E-state index is 14.3. The lowest BCUT2D eigenvalue weighted by molar-refractivity contribution is -0.133. The van der Waals surface area contributed by atoms with E-state index in [4.69, 9.17) is 9.72 Å². The second kappa shape index (κ2) is 21.6. The molecule has 3 fully saturated rings. The third kappa shape index (κ3) is 11.5. The number of sulfonamides is 2. The summed E-state index contributed by atoms with van der Waals surface area (Å²) < 4.78 is 68.0. The van der Waals surface area contributed by atoms with E-state index in [0.29, 0.717) is 104 Å². The van der Waals surface area contributed by atoms with E-state index in [9.17, 15) is 31.2 Å². The van der Waals surface area contributed by atoms with Gasteiger partial charge in [0, 0.05) is 110 Å². The molecule has 2 N–H and O–H groups in total. The Hall–Kier alpha value is -7.41. The van der Waals surface area contributed by atoms with Crippen LogP contribution in [-0.4, -0.2) is 123 Å². The molecule has 382 valence electrons. The number of nitrogens with one attached hydrogen (secondary N) is 2. The first kappa shape index (κ1) is 50.1. The Morgan fingerprint density at radius 3 is 1.88 bits per heavy atom. The summed E-state index contributed by atoms with van der Waals surface area (Å²) in [5.41, 5.74) is 3.61. The van der Waals surface area contributed by atoms with Crippen molar-refractivity contribution in [3.8, 4) is 17.0 Å². The van der Waals surface area contributed by atoms with Crippen molar-refractivity contribution in [2.75, 3.05) is 68.4 Å². The van der Waals surface area contributed by atoms with Crippen LogP contribution < -0.4 is 14.2 Å². The van der Waals surface area contributed by atoms with Gasteiger partial charge in [0.05, 0.1) is 23.3 Å². The molecule has 2 saturated heterocycles. The molecule has 1 aliphatic carbocycles. The van der Waals surface area contributed by atoms with Crippen LogP contribution in [0, 0.1) is 5.92 Å². The van der Waals surface area contributed by atoms with Gasteiger partial charge in [-0.2, -0.15) is 0 Å². The lowest BCUT2D eigenvalue weighted by Crippen LogP contribution is -2.50. The molecule has 16 nitrogen and oxygen atoms in total. The van der Waals surface area contributed by atoms with Crippen molar-refractivity contribution < 1.29 is 36.0 Å². The number of nitrogens with zero attached hydrogens (tertiary/aromatic N) is 6. The van der Waals surface area contributed by atoms with Gasteiger partial charge in [0.25, 0.3) is 31.9 Å². The smallest absolute Gasteiger partial charge is 0.264 e. The molecule has 0 unspecified atom stereocenters. The van der Waals surface area contributed by atoms with Gasteiger partial charge in [-0.25, -0.2) is 21.8 Å². The number of para-hydroxylation sites is 1. The molecule has 0 radical (unpaired) electrons. The Morgan fingerprint density at radius 2 is 1.23 bits per heavy atom. The van der Waals surface area contributed by atoms with Crippen molar-refractivity contribution in [2.45, 2.75) is 55.4 Å². The van der Waals surface area contributed by atoms with Crippen molar-refractivity contribution in [1.29, 1.82) is 0 Å². The number of ether oxygens (including phenoxy) is 1. The van der Waals surface area contributed by atoms with Gasteiger partial charge >= 0.3 is 0 Å². The molecule has 0 atom stereocenters. The van der Waals surface area contributed by atoms with E-state index >= 15 is 0 Å². The van der Waals surface area contributed by atoms with Crippen molar-refractivity contribution in [3.05, 3.63) is 150 Å². The van der Waals surface area contributed by atoms with E-state index in [-0.39, 0.29) is 49.9 Å². The molecule has 3 amide bonds. The Labute approximate surface area is 431 Å². The monoisotopic (exact) mass is 1030 g/mol. The maximum atomic E-state index is 14.3. The molecule has 10 rings (SSSR count). The fourth-order valence-electron chi connectivity index (χ4n) is 9.45. The molecule has 2 aliphatic heterocycles. The molecule has 4 heterocycles. The van der Waals surface area contributed by atoms with Crippen LogP contribution >= 0.6 is 0 Å².